The normalized spacial score (nSPS) is 26.2. The van der Waals surface area contributed by atoms with Crippen LogP contribution in [0.3, 0.4) is 0 Å². The number of nitrogens with two attached hydrogens (primary N) is 1. The van der Waals surface area contributed by atoms with Crippen LogP contribution < -0.4 is 10.6 Å². The molecule has 0 radical (unpaired) electrons. The Morgan fingerprint density at radius 2 is 2.06 bits per heavy atom. The maximum Gasteiger partial charge on any atom is 0.146 e. The van der Waals surface area contributed by atoms with Crippen molar-refractivity contribution >= 4 is 5.69 Å². The summed E-state index contributed by atoms with van der Waals surface area (Å²) in [4.78, 5) is 2.19. The first kappa shape index (κ1) is 13.3. The van der Waals surface area contributed by atoms with Gasteiger partial charge in [-0.05, 0) is 50.3 Å². The molecule has 1 fully saturated rings. The molecule has 1 aromatic carbocycles. The molecule has 0 spiro atoms. The topological polar surface area (TPSA) is 29.3 Å². The molecule has 0 aliphatic carbocycles. The molecule has 1 aliphatic heterocycles. The van der Waals surface area contributed by atoms with Crippen molar-refractivity contribution in [2.45, 2.75) is 45.7 Å². The van der Waals surface area contributed by atoms with E-state index in [1.807, 2.05) is 19.1 Å². The van der Waals surface area contributed by atoms with Crippen LogP contribution in [0, 0.1) is 11.7 Å². The summed E-state index contributed by atoms with van der Waals surface area (Å²) in [5.74, 6) is 0.486. The van der Waals surface area contributed by atoms with Gasteiger partial charge in [0.15, 0.2) is 0 Å². The number of piperidine rings is 1. The van der Waals surface area contributed by atoms with Gasteiger partial charge in [-0.3, -0.25) is 0 Å². The molecular weight excluding hydrogens is 227 g/mol. The lowest BCUT2D eigenvalue weighted by molar-refractivity contribution is 0.386. The van der Waals surface area contributed by atoms with Gasteiger partial charge in [0, 0.05) is 18.6 Å². The number of hydrogen-bond acceptors (Lipinski definition) is 2. The maximum atomic E-state index is 14.2. The second-order valence-corrected chi connectivity index (χ2v) is 5.68. The lowest BCUT2D eigenvalue weighted by Crippen LogP contribution is -2.41. The highest BCUT2D eigenvalue weighted by atomic mass is 19.1. The van der Waals surface area contributed by atoms with Crippen LogP contribution in [0.5, 0.6) is 0 Å². The van der Waals surface area contributed by atoms with Gasteiger partial charge in [0.25, 0.3) is 0 Å². The minimum Gasteiger partial charge on any atom is -0.366 e. The monoisotopic (exact) mass is 250 g/mol. The molecule has 2 N–H and O–H groups in total. The van der Waals surface area contributed by atoms with Crippen LogP contribution in [0.2, 0.25) is 0 Å². The fourth-order valence-corrected chi connectivity index (χ4v) is 2.66. The Balaban J connectivity index is 2.27. The van der Waals surface area contributed by atoms with Crippen LogP contribution in [-0.2, 0) is 0 Å². The second-order valence-electron chi connectivity index (χ2n) is 5.68. The SMILES string of the molecule is CC1CCC(C)N(c2ccc([C@@H](C)N)cc2F)C1. The third-order valence-electron chi connectivity index (χ3n) is 3.92. The van der Waals surface area contributed by atoms with Gasteiger partial charge in [0.1, 0.15) is 5.82 Å². The predicted molar refractivity (Wildman–Crippen MR) is 74.2 cm³/mol. The molecule has 0 amide bonds. The van der Waals surface area contributed by atoms with Crippen molar-refractivity contribution in [3.63, 3.8) is 0 Å². The summed E-state index contributed by atoms with van der Waals surface area (Å²) in [6, 6.07) is 5.69. The zero-order valence-corrected chi connectivity index (χ0v) is 11.5. The quantitative estimate of drug-likeness (QED) is 0.871. The van der Waals surface area contributed by atoms with E-state index in [1.54, 1.807) is 6.07 Å². The van der Waals surface area contributed by atoms with Crippen molar-refractivity contribution in [1.82, 2.24) is 0 Å². The van der Waals surface area contributed by atoms with Gasteiger partial charge < -0.3 is 10.6 Å². The lowest BCUT2D eigenvalue weighted by atomic mass is 9.94. The minimum atomic E-state index is -0.147. The van der Waals surface area contributed by atoms with E-state index < -0.39 is 0 Å². The first-order chi connectivity index (χ1) is 8.49. The highest BCUT2D eigenvalue weighted by molar-refractivity contribution is 5.50. The summed E-state index contributed by atoms with van der Waals surface area (Å²) in [5.41, 5.74) is 7.36. The molecule has 1 aliphatic rings. The fourth-order valence-electron chi connectivity index (χ4n) is 2.66. The van der Waals surface area contributed by atoms with Crippen LogP contribution in [0.15, 0.2) is 18.2 Å². The Morgan fingerprint density at radius 1 is 1.33 bits per heavy atom. The van der Waals surface area contributed by atoms with Gasteiger partial charge in [-0.25, -0.2) is 4.39 Å². The Kier molecular flexibility index (Phi) is 3.91. The first-order valence-corrected chi connectivity index (χ1v) is 6.80. The van der Waals surface area contributed by atoms with Gasteiger partial charge in [-0.1, -0.05) is 13.0 Å². The molecule has 1 aromatic rings. The summed E-state index contributed by atoms with van der Waals surface area (Å²) in [6.45, 7) is 7.22. The molecule has 2 nitrogen and oxygen atoms in total. The molecule has 2 rings (SSSR count). The molecule has 100 valence electrons. The first-order valence-electron chi connectivity index (χ1n) is 6.80. The Bertz CT molecular complexity index is 417. The van der Waals surface area contributed by atoms with Crippen molar-refractivity contribution in [1.29, 1.82) is 0 Å². The molecule has 3 atom stereocenters. The van der Waals surface area contributed by atoms with Gasteiger partial charge in [0.05, 0.1) is 5.69 Å². The Hall–Kier alpha value is -1.09. The molecule has 1 saturated heterocycles. The number of rotatable bonds is 2. The lowest BCUT2D eigenvalue weighted by Gasteiger charge is -2.38. The number of benzene rings is 1. The predicted octanol–water partition coefficient (Wildman–Crippen LogP) is 3.47. The molecule has 18 heavy (non-hydrogen) atoms. The average molecular weight is 250 g/mol. The zero-order valence-electron chi connectivity index (χ0n) is 11.5. The third-order valence-corrected chi connectivity index (χ3v) is 3.92. The fraction of sp³-hybridized carbons (Fsp3) is 0.600. The Labute approximate surface area is 109 Å². The number of hydrogen-bond donors (Lipinski definition) is 1. The van der Waals surface area contributed by atoms with Crippen molar-refractivity contribution in [2.24, 2.45) is 11.7 Å². The van der Waals surface area contributed by atoms with Crippen LogP contribution in [0.4, 0.5) is 10.1 Å². The summed E-state index contributed by atoms with van der Waals surface area (Å²) < 4.78 is 14.2. The van der Waals surface area contributed by atoms with E-state index >= 15 is 0 Å². The summed E-state index contributed by atoms with van der Waals surface area (Å²) in [7, 11) is 0. The molecule has 0 saturated carbocycles. The summed E-state index contributed by atoms with van der Waals surface area (Å²) >= 11 is 0. The van der Waals surface area contributed by atoms with E-state index in [2.05, 4.69) is 18.7 Å². The van der Waals surface area contributed by atoms with Gasteiger partial charge >= 0.3 is 0 Å². The summed E-state index contributed by atoms with van der Waals surface area (Å²) in [5, 5.41) is 0. The van der Waals surface area contributed by atoms with E-state index in [0.717, 1.165) is 24.2 Å². The largest absolute Gasteiger partial charge is 0.366 e. The van der Waals surface area contributed by atoms with Crippen molar-refractivity contribution < 1.29 is 4.39 Å². The molecule has 0 bridgehead atoms. The molecule has 0 aromatic heterocycles. The van der Waals surface area contributed by atoms with Crippen LogP contribution in [0.25, 0.3) is 0 Å². The molecule has 2 unspecified atom stereocenters. The van der Waals surface area contributed by atoms with Gasteiger partial charge in [-0.15, -0.1) is 0 Å². The maximum absolute atomic E-state index is 14.2. The van der Waals surface area contributed by atoms with Gasteiger partial charge in [0.2, 0.25) is 0 Å². The molecule has 3 heteroatoms. The zero-order chi connectivity index (χ0) is 13.3. The molecule has 1 heterocycles. The van der Waals surface area contributed by atoms with E-state index in [-0.39, 0.29) is 11.9 Å². The van der Waals surface area contributed by atoms with E-state index in [4.69, 9.17) is 5.73 Å². The summed E-state index contributed by atoms with van der Waals surface area (Å²) in [6.07, 6.45) is 2.37. The standard InChI is InChI=1S/C15H23FN2/c1-10-4-5-11(2)18(9-10)15-7-6-13(12(3)17)8-14(15)16/h6-8,10-12H,4-5,9,17H2,1-3H3/t10?,11?,12-/m1/s1. The van der Waals surface area contributed by atoms with E-state index in [9.17, 15) is 4.39 Å². The smallest absolute Gasteiger partial charge is 0.146 e. The van der Waals surface area contributed by atoms with Gasteiger partial charge in [-0.2, -0.15) is 0 Å². The molecular formula is C15H23FN2. The second kappa shape index (κ2) is 5.27. The third kappa shape index (κ3) is 2.66. The highest BCUT2D eigenvalue weighted by Gasteiger charge is 2.25. The van der Waals surface area contributed by atoms with Crippen LogP contribution >= 0.6 is 0 Å². The van der Waals surface area contributed by atoms with Crippen LogP contribution in [-0.4, -0.2) is 12.6 Å². The van der Waals surface area contributed by atoms with Crippen LogP contribution in [0.1, 0.15) is 45.2 Å². The van der Waals surface area contributed by atoms with Crippen molar-refractivity contribution in [3.05, 3.63) is 29.6 Å². The number of halogens is 1. The average Bonchev–Trinajstić information content (AvgIpc) is 2.32. The van der Waals surface area contributed by atoms with Crippen molar-refractivity contribution in [3.8, 4) is 0 Å². The number of anilines is 1. The van der Waals surface area contributed by atoms with Crippen molar-refractivity contribution in [2.75, 3.05) is 11.4 Å². The highest BCUT2D eigenvalue weighted by Crippen LogP contribution is 2.30. The van der Waals surface area contributed by atoms with E-state index in [1.165, 1.54) is 6.42 Å². The Morgan fingerprint density at radius 3 is 2.67 bits per heavy atom. The minimum absolute atomic E-state index is 0.119. The number of nitrogens with zero attached hydrogens (tertiary/aromatic N) is 1. The van der Waals surface area contributed by atoms with E-state index in [0.29, 0.717) is 12.0 Å².